The minimum absolute atomic E-state index is 0.0331. The minimum Gasteiger partial charge on any atom is -0.493 e. The van der Waals surface area contributed by atoms with Crippen LogP contribution in [0.4, 0.5) is 8.78 Å². The maximum atomic E-state index is 13.3. The summed E-state index contributed by atoms with van der Waals surface area (Å²) in [4.78, 5) is 15.2. The lowest BCUT2D eigenvalue weighted by Gasteiger charge is -2.17. The second-order valence-corrected chi connectivity index (χ2v) is 9.11. The zero-order chi connectivity index (χ0) is 25.1. The van der Waals surface area contributed by atoms with Gasteiger partial charge in [0.2, 0.25) is 0 Å². The van der Waals surface area contributed by atoms with Crippen LogP contribution in [-0.4, -0.2) is 56.3 Å². The molecular formula is C27H30F2N2O5. The van der Waals surface area contributed by atoms with Gasteiger partial charge in [-0.2, -0.15) is 8.78 Å². The molecule has 192 valence electrons. The highest BCUT2D eigenvalue weighted by Crippen LogP contribution is 2.40. The number of ether oxygens (including phenoxy) is 3. The average Bonchev–Trinajstić information content (AvgIpc) is 3.32. The summed E-state index contributed by atoms with van der Waals surface area (Å²) in [5, 5.41) is 3.61. The molecule has 36 heavy (non-hydrogen) atoms. The molecule has 1 saturated carbocycles. The van der Waals surface area contributed by atoms with Crippen LogP contribution < -0.4 is 19.5 Å². The Hall–Kier alpha value is -3.33. The Morgan fingerprint density at radius 1 is 1.14 bits per heavy atom. The van der Waals surface area contributed by atoms with E-state index in [1.165, 1.54) is 18.9 Å². The maximum Gasteiger partial charge on any atom is 0.387 e. The van der Waals surface area contributed by atoms with E-state index < -0.39 is 12.5 Å². The predicted molar refractivity (Wildman–Crippen MR) is 131 cm³/mol. The number of likely N-dealkylation sites (tertiary alicyclic amines) is 1. The van der Waals surface area contributed by atoms with Gasteiger partial charge in [0.1, 0.15) is 35.0 Å². The van der Waals surface area contributed by atoms with Gasteiger partial charge in [0, 0.05) is 29.6 Å². The van der Waals surface area contributed by atoms with Crippen LogP contribution in [0.1, 0.15) is 43.0 Å². The van der Waals surface area contributed by atoms with Crippen molar-refractivity contribution in [3.05, 3.63) is 42.2 Å². The van der Waals surface area contributed by atoms with Gasteiger partial charge in [-0.15, -0.1) is 0 Å². The van der Waals surface area contributed by atoms with Crippen molar-refractivity contribution in [2.24, 2.45) is 0 Å². The lowest BCUT2D eigenvalue weighted by molar-refractivity contribution is -0.0502. The van der Waals surface area contributed by atoms with Crippen LogP contribution in [-0.2, 0) is 0 Å². The number of amides is 1. The van der Waals surface area contributed by atoms with E-state index in [2.05, 4.69) is 10.2 Å². The molecule has 2 fully saturated rings. The van der Waals surface area contributed by atoms with Gasteiger partial charge in [-0.25, -0.2) is 0 Å². The standard InChI is InChI=1S/C27H30F2N2O5/c1-2-33-23-13-17(14-24(36-27(28)29)25(23)26(32)30-18-5-6-18)21-16-35-22-15-19(7-8-20(21)22)34-12-11-31-9-3-4-10-31/h7-8,13-16,18,27H,2-6,9-12H2,1H3,(H,30,32). The molecule has 5 rings (SSSR count). The number of halogens is 2. The Labute approximate surface area is 208 Å². The van der Waals surface area contributed by atoms with Gasteiger partial charge < -0.3 is 23.9 Å². The number of nitrogens with zero attached hydrogens (tertiary/aromatic N) is 1. The van der Waals surface area contributed by atoms with Gasteiger partial charge in [-0.3, -0.25) is 9.69 Å². The Morgan fingerprint density at radius 2 is 1.92 bits per heavy atom. The molecule has 0 spiro atoms. The van der Waals surface area contributed by atoms with Crippen molar-refractivity contribution < 1.29 is 32.2 Å². The molecular weight excluding hydrogens is 470 g/mol. The minimum atomic E-state index is -3.09. The molecule has 1 amide bonds. The van der Waals surface area contributed by atoms with E-state index in [0.717, 1.165) is 37.9 Å². The van der Waals surface area contributed by atoms with Gasteiger partial charge in [0.25, 0.3) is 5.91 Å². The number of benzene rings is 2. The van der Waals surface area contributed by atoms with Crippen LogP contribution >= 0.6 is 0 Å². The summed E-state index contributed by atoms with van der Waals surface area (Å²) >= 11 is 0. The summed E-state index contributed by atoms with van der Waals surface area (Å²) in [5.41, 5.74) is 1.78. The second kappa shape index (κ2) is 10.7. The highest BCUT2D eigenvalue weighted by atomic mass is 19.3. The number of rotatable bonds is 11. The molecule has 3 aromatic rings. The molecule has 0 radical (unpaired) electrons. The van der Waals surface area contributed by atoms with E-state index in [0.29, 0.717) is 29.1 Å². The molecule has 0 unspecified atom stereocenters. The first-order valence-electron chi connectivity index (χ1n) is 12.4. The van der Waals surface area contributed by atoms with E-state index in [1.54, 1.807) is 19.3 Å². The smallest absolute Gasteiger partial charge is 0.387 e. The molecule has 0 bridgehead atoms. The Balaban J connectivity index is 1.43. The Bertz CT molecular complexity index is 1220. The Kier molecular flexibility index (Phi) is 7.27. The summed E-state index contributed by atoms with van der Waals surface area (Å²) in [7, 11) is 0. The quantitative estimate of drug-likeness (QED) is 0.377. The third-order valence-electron chi connectivity index (χ3n) is 6.45. The average molecular weight is 501 g/mol. The summed E-state index contributed by atoms with van der Waals surface area (Å²) < 4.78 is 48.8. The fourth-order valence-corrected chi connectivity index (χ4v) is 4.53. The SMILES string of the molecule is CCOc1cc(-c2coc3cc(OCCN4CCCC4)ccc23)cc(OC(F)F)c1C(=O)NC1CC1. The van der Waals surface area contributed by atoms with Crippen LogP contribution in [0.3, 0.4) is 0 Å². The number of hydrogen-bond donors (Lipinski definition) is 1. The number of carbonyl (C=O) groups is 1. The highest BCUT2D eigenvalue weighted by molar-refractivity contribution is 6.02. The fraction of sp³-hybridized carbons (Fsp3) is 0.444. The van der Waals surface area contributed by atoms with E-state index in [4.69, 9.17) is 18.6 Å². The largest absolute Gasteiger partial charge is 0.493 e. The maximum absolute atomic E-state index is 13.3. The number of fused-ring (bicyclic) bond motifs is 1. The summed E-state index contributed by atoms with van der Waals surface area (Å²) in [5.74, 6) is 0.155. The molecule has 7 nitrogen and oxygen atoms in total. The van der Waals surface area contributed by atoms with Gasteiger partial charge in [0.15, 0.2) is 0 Å². The van der Waals surface area contributed by atoms with Crippen molar-refractivity contribution in [2.75, 3.05) is 32.8 Å². The van der Waals surface area contributed by atoms with Crippen molar-refractivity contribution in [3.8, 4) is 28.4 Å². The zero-order valence-corrected chi connectivity index (χ0v) is 20.2. The van der Waals surface area contributed by atoms with Crippen LogP contribution in [0.25, 0.3) is 22.1 Å². The molecule has 2 heterocycles. The lowest BCUT2D eigenvalue weighted by Crippen LogP contribution is -2.27. The van der Waals surface area contributed by atoms with E-state index in [9.17, 15) is 13.6 Å². The van der Waals surface area contributed by atoms with Crippen molar-refractivity contribution >= 4 is 16.9 Å². The molecule has 2 aliphatic rings. The molecule has 1 aromatic heterocycles. The number of furan rings is 1. The predicted octanol–water partition coefficient (Wildman–Crippen LogP) is 5.47. The second-order valence-electron chi connectivity index (χ2n) is 9.11. The molecule has 2 aromatic carbocycles. The van der Waals surface area contributed by atoms with E-state index in [1.807, 2.05) is 18.2 Å². The van der Waals surface area contributed by atoms with E-state index >= 15 is 0 Å². The number of carbonyl (C=O) groups excluding carboxylic acids is 1. The molecule has 1 N–H and O–H groups in total. The first-order valence-corrected chi connectivity index (χ1v) is 12.4. The highest BCUT2D eigenvalue weighted by Gasteiger charge is 2.29. The van der Waals surface area contributed by atoms with Crippen molar-refractivity contribution in [3.63, 3.8) is 0 Å². The topological polar surface area (TPSA) is 73.2 Å². The molecule has 1 aliphatic carbocycles. The van der Waals surface area contributed by atoms with Crippen molar-refractivity contribution in [1.29, 1.82) is 0 Å². The normalized spacial score (nSPS) is 16.0. The van der Waals surface area contributed by atoms with Crippen molar-refractivity contribution in [2.45, 2.75) is 45.3 Å². The molecule has 9 heteroatoms. The summed E-state index contributed by atoms with van der Waals surface area (Å²) in [6.07, 6.45) is 5.76. The van der Waals surface area contributed by atoms with Gasteiger partial charge in [-0.1, -0.05) is 0 Å². The van der Waals surface area contributed by atoms with Gasteiger partial charge in [-0.05, 0) is 75.5 Å². The molecule has 1 aliphatic heterocycles. The molecule has 0 atom stereocenters. The first kappa shape index (κ1) is 24.4. The van der Waals surface area contributed by atoms with E-state index in [-0.39, 0.29) is 29.7 Å². The van der Waals surface area contributed by atoms with Crippen LogP contribution in [0, 0.1) is 0 Å². The first-order chi connectivity index (χ1) is 17.5. The zero-order valence-electron chi connectivity index (χ0n) is 20.2. The van der Waals surface area contributed by atoms with Crippen LogP contribution in [0.5, 0.6) is 17.2 Å². The third kappa shape index (κ3) is 5.56. The Morgan fingerprint density at radius 3 is 2.64 bits per heavy atom. The monoisotopic (exact) mass is 500 g/mol. The van der Waals surface area contributed by atoms with Gasteiger partial charge in [0.05, 0.1) is 12.9 Å². The summed E-state index contributed by atoms with van der Waals surface area (Å²) in [6.45, 7) is 2.64. The number of alkyl halides is 2. The van der Waals surface area contributed by atoms with Gasteiger partial charge >= 0.3 is 6.61 Å². The fourth-order valence-electron chi connectivity index (χ4n) is 4.53. The lowest BCUT2D eigenvalue weighted by atomic mass is 10.0. The number of nitrogens with one attached hydrogen (secondary N) is 1. The number of hydrogen-bond acceptors (Lipinski definition) is 6. The van der Waals surface area contributed by atoms with Crippen molar-refractivity contribution in [1.82, 2.24) is 10.2 Å². The third-order valence-corrected chi connectivity index (χ3v) is 6.45. The van der Waals surface area contributed by atoms with Crippen LogP contribution in [0.2, 0.25) is 0 Å². The molecule has 1 saturated heterocycles. The summed E-state index contributed by atoms with van der Waals surface area (Å²) in [6, 6.07) is 8.70. The van der Waals surface area contributed by atoms with Crippen LogP contribution in [0.15, 0.2) is 41.0 Å².